The van der Waals surface area contributed by atoms with Crippen LogP contribution in [-0.2, 0) is 20.9 Å². The largest absolute Gasteiger partial charge is 0.493 e. The lowest BCUT2D eigenvalue weighted by atomic mass is 10.1. The second kappa shape index (κ2) is 10.3. The molecule has 2 amide bonds. The highest BCUT2D eigenvalue weighted by Gasteiger charge is 2.35. The summed E-state index contributed by atoms with van der Waals surface area (Å²) in [6.45, 7) is -0.0794. The topological polar surface area (TPSA) is 82.1 Å². The van der Waals surface area contributed by atoms with Crippen molar-refractivity contribution in [1.29, 1.82) is 0 Å². The van der Waals surface area contributed by atoms with E-state index in [1.165, 1.54) is 19.1 Å². The van der Waals surface area contributed by atoms with Gasteiger partial charge >= 0.3 is 5.97 Å². The number of ether oxygens (including phenoxy) is 3. The predicted molar refractivity (Wildman–Crippen MR) is 134 cm³/mol. The molecule has 3 aromatic rings. The van der Waals surface area contributed by atoms with Gasteiger partial charge in [0, 0.05) is 4.47 Å². The van der Waals surface area contributed by atoms with Crippen molar-refractivity contribution in [3.8, 4) is 11.5 Å². The average molecular weight is 542 g/mol. The Balaban J connectivity index is 1.55. The lowest BCUT2D eigenvalue weighted by Crippen LogP contribution is -2.27. The molecule has 0 atom stereocenters. The molecule has 4 rings (SSSR count). The highest BCUT2D eigenvalue weighted by Crippen LogP contribution is 2.38. The Labute approximate surface area is 208 Å². The van der Waals surface area contributed by atoms with Crippen LogP contribution in [0, 0.1) is 0 Å². The lowest BCUT2D eigenvalue weighted by Gasteiger charge is -2.13. The molecule has 1 aliphatic rings. The first-order valence-corrected chi connectivity index (χ1v) is 11.8. The van der Waals surface area contributed by atoms with Crippen LogP contribution in [-0.4, -0.2) is 42.8 Å². The van der Waals surface area contributed by atoms with Gasteiger partial charge in [0.2, 0.25) is 0 Å². The Morgan fingerprint density at radius 3 is 2.53 bits per heavy atom. The van der Waals surface area contributed by atoms with Crippen LogP contribution in [0.1, 0.15) is 11.1 Å². The van der Waals surface area contributed by atoms with Crippen molar-refractivity contribution >= 4 is 61.7 Å². The van der Waals surface area contributed by atoms with E-state index in [9.17, 15) is 14.4 Å². The second-order valence-corrected chi connectivity index (χ2v) is 9.19. The first-order valence-electron chi connectivity index (χ1n) is 10.2. The molecule has 1 heterocycles. The van der Waals surface area contributed by atoms with Crippen LogP contribution >= 0.6 is 27.7 Å². The van der Waals surface area contributed by atoms with E-state index < -0.39 is 5.97 Å². The number of fused-ring (bicyclic) bond motifs is 1. The molecule has 0 unspecified atom stereocenters. The lowest BCUT2D eigenvalue weighted by molar-refractivity contribution is -0.142. The molecule has 9 heteroatoms. The van der Waals surface area contributed by atoms with Crippen molar-refractivity contribution in [1.82, 2.24) is 4.90 Å². The fraction of sp³-hybridized carbons (Fsp3) is 0.160. The van der Waals surface area contributed by atoms with Gasteiger partial charge in [-0.3, -0.25) is 14.5 Å². The van der Waals surface area contributed by atoms with Crippen molar-refractivity contribution in [2.45, 2.75) is 6.54 Å². The Bertz CT molecular complexity index is 1320. The van der Waals surface area contributed by atoms with E-state index in [2.05, 4.69) is 20.7 Å². The third-order valence-electron chi connectivity index (χ3n) is 5.17. The SMILES string of the molecule is COC(=O)COc1cc(Br)c(/C=C2\SC(=O)N(Cc3ccc4ccccc4c3)C2=O)cc1OC. The number of thioether (sulfide) groups is 1. The molecule has 0 aromatic heterocycles. The third kappa shape index (κ3) is 5.10. The molecule has 0 N–H and O–H groups in total. The van der Waals surface area contributed by atoms with Gasteiger partial charge in [-0.05, 0) is 57.9 Å². The Hall–Kier alpha value is -3.30. The summed E-state index contributed by atoms with van der Waals surface area (Å²) in [7, 11) is 2.74. The number of halogens is 1. The van der Waals surface area contributed by atoms with Crippen LogP contribution in [0.3, 0.4) is 0 Å². The van der Waals surface area contributed by atoms with E-state index in [-0.39, 0.29) is 24.3 Å². The number of amides is 2. The monoisotopic (exact) mass is 541 g/mol. The smallest absolute Gasteiger partial charge is 0.343 e. The number of hydrogen-bond donors (Lipinski definition) is 0. The molecule has 1 saturated heterocycles. The van der Waals surface area contributed by atoms with Gasteiger partial charge in [-0.1, -0.05) is 52.3 Å². The van der Waals surface area contributed by atoms with E-state index in [1.54, 1.807) is 18.2 Å². The molecular formula is C25H20BrNO6S. The molecule has 34 heavy (non-hydrogen) atoms. The fourth-order valence-corrected chi connectivity index (χ4v) is 4.69. The first-order chi connectivity index (χ1) is 16.4. The summed E-state index contributed by atoms with van der Waals surface area (Å²) in [4.78, 5) is 38.6. The fourth-order valence-electron chi connectivity index (χ4n) is 3.43. The summed E-state index contributed by atoms with van der Waals surface area (Å²) in [6.07, 6.45) is 1.63. The summed E-state index contributed by atoms with van der Waals surface area (Å²) in [5.74, 6) is -0.183. The zero-order valence-corrected chi connectivity index (χ0v) is 20.8. The minimum atomic E-state index is -0.526. The number of rotatable bonds is 7. The normalized spacial score (nSPS) is 14.7. The first kappa shape index (κ1) is 23.8. The number of nitrogens with zero attached hydrogens (tertiary/aromatic N) is 1. The van der Waals surface area contributed by atoms with Gasteiger partial charge in [0.15, 0.2) is 18.1 Å². The Morgan fingerprint density at radius 1 is 1.03 bits per heavy atom. The Morgan fingerprint density at radius 2 is 1.79 bits per heavy atom. The van der Waals surface area contributed by atoms with Gasteiger partial charge in [-0.25, -0.2) is 4.79 Å². The van der Waals surface area contributed by atoms with E-state index >= 15 is 0 Å². The van der Waals surface area contributed by atoms with Gasteiger partial charge in [0.1, 0.15) is 0 Å². The number of esters is 1. The average Bonchev–Trinajstić information content (AvgIpc) is 3.10. The molecule has 3 aromatic carbocycles. The van der Waals surface area contributed by atoms with Gasteiger partial charge in [-0.15, -0.1) is 0 Å². The molecule has 1 fully saturated rings. The summed E-state index contributed by atoms with van der Waals surface area (Å²) in [5.41, 5.74) is 1.50. The molecule has 0 saturated carbocycles. The molecule has 0 aliphatic carbocycles. The standard InChI is InChI=1S/C25H20BrNO6S/c1-31-20-10-18(19(26)12-21(20)33-14-23(28)32-2)11-22-24(29)27(25(30)34-22)13-15-7-8-16-5-3-4-6-17(16)9-15/h3-12H,13-14H2,1-2H3/b22-11-. The summed E-state index contributed by atoms with van der Waals surface area (Å²) < 4.78 is 16.0. The summed E-state index contributed by atoms with van der Waals surface area (Å²) in [6, 6.07) is 17.1. The maximum atomic E-state index is 13.0. The van der Waals surface area contributed by atoms with Crippen LogP contribution in [0.5, 0.6) is 11.5 Å². The molecule has 7 nitrogen and oxygen atoms in total. The molecule has 0 bridgehead atoms. The van der Waals surface area contributed by atoms with Crippen LogP contribution < -0.4 is 9.47 Å². The summed E-state index contributed by atoms with van der Waals surface area (Å²) in [5, 5.41) is 1.82. The van der Waals surface area contributed by atoms with Crippen molar-refractivity contribution < 1.29 is 28.6 Å². The maximum absolute atomic E-state index is 13.0. The minimum Gasteiger partial charge on any atom is -0.493 e. The van der Waals surface area contributed by atoms with Crippen molar-refractivity contribution in [3.05, 3.63) is 75.1 Å². The molecule has 0 radical (unpaired) electrons. The minimum absolute atomic E-state index is 0.192. The van der Waals surface area contributed by atoms with Crippen LogP contribution in [0.15, 0.2) is 64.0 Å². The quantitative estimate of drug-likeness (QED) is 0.292. The van der Waals surface area contributed by atoms with Crippen molar-refractivity contribution in [3.63, 3.8) is 0 Å². The van der Waals surface area contributed by atoms with Crippen LogP contribution in [0.2, 0.25) is 0 Å². The number of benzene rings is 3. The highest BCUT2D eigenvalue weighted by molar-refractivity contribution is 9.10. The van der Waals surface area contributed by atoms with Crippen LogP contribution in [0.25, 0.3) is 16.8 Å². The number of methoxy groups -OCH3 is 2. The van der Waals surface area contributed by atoms with Crippen molar-refractivity contribution in [2.75, 3.05) is 20.8 Å². The van der Waals surface area contributed by atoms with E-state index in [1.807, 2.05) is 42.5 Å². The molecule has 174 valence electrons. The van der Waals surface area contributed by atoms with Gasteiger partial charge < -0.3 is 14.2 Å². The van der Waals surface area contributed by atoms with Gasteiger partial charge in [-0.2, -0.15) is 0 Å². The van der Waals surface area contributed by atoms with Gasteiger partial charge in [0.05, 0.1) is 25.7 Å². The molecule has 0 spiro atoms. The zero-order chi connectivity index (χ0) is 24.2. The van der Waals surface area contributed by atoms with Crippen LogP contribution in [0.4, 0.5) is 4.79 Å². The zero-order valence-electron chi connectivity index (χ0n) is 18.4. The van der Waals surface area contributed by atoms with E-state index in [0.717, 1.165) is 28.1 Å². The molecular weight excluding hydrogens is 522 g/mol. The van der Waals surface area contributed by atoms with Crippen molar-refractivity contribution in [2.24, 2.45) is 0 Å². The Kier molecular flexibility index (Phi) is 7.23. The summed E-state index contributed by atoms with van der Waals surface area (Å²) >= 11 is 4.34. The third-order valence-corrected chi connectivity index (χ3v) is 6.77. The number of imide groups is 1. The van der Waals surface area contributed by atoms with Gasteiger partial charge in [0.25, 0.3) is 11.1 Å². The number of hydrogen-bond acceptors (Lipinski definition) is 7. The highest BCUT2D eigenvalue weighted by atomic mass is 79.9. The van der Waals surface area contributed by atoms with E-state index in [0.29, 0.717) is 26.4 Å². The predicted octanol–water partition coefficient (Wildman–Crippen LogP) is 5.40. The van der Waals surface area contributed by atoms with E-state index in [4.69, 9.17) is 9.47 Å². The number of carbonyl (C=O) groups is 3. The second-order valence-electron chi connectivity index (χ2n) is 7.34. The number of carbonyl (C=O) groups excluding carboxylic acids is 3. The maximum Gasteiger partial charge on any atom is 0.343 e. The molecule has 1 aliphatic heterocycles.